The number of hydrogen-bond donors (Lipinski definition) is 3. The van der Waals surface area contributed by atoms with Gasteiger partial charge in [0.15, 0.2) is 0 Å². The maximum absolute atomic E-state index is 11.8. The third-order valence-electron chi connectivity index (χ3n) is 4.01. The number of aromatic nitrogens is 1. The molecule has 0 unspecified atom stereocenters. The predicted molar refractivity (Wildman–Crippen MR) is 99.4 cm³/mol. The monoisotopic (exact) mass is 341 g/mol. The van der Waals surface area contributed by atoms with E-state index in [1.54, 1.807) is 6.20 Å². The average molecular weight is 341 g/mol. The molecule has 1 aromatic heterocycles. The van der Waals surface area contributed by atoms with E-state index in [0.717, 1.165) is 11.3 Å². The zero-order valence-corrected chi connectivity index (χ0v) is 15.1. The van der Waals surface area contributed by atoms with Gasteiger partial charge in [0.05, 0.1) is 6.10 Å². The molecule has 0 aliphatic rings. The van der Waals surface area contributed by atoms with Crippen molar-refractivity contribution in [2.75, 3.05) is 13.1 Å². The predicted octanol–water partition coefficient (Wildman–Crippen LogP) is 2.95. The van der Waals surface area contributed by atoms with Crippen LogP contribution < -0.4 is 10.6 Å². The van der Waals surface area contributed by atoms with E-state index in [1.165, 1.54) is 5.56 Å². The molecule has 0 spiro atoms. The summed E-state index contributed by atoms with van der Waals surface area (Å²) in [5.41, 5.74) is 3.02. The highest BCUT2D eigenvalue weighted by atomic mass is 16.3. The van der Waals surface area contributed by atoms with Crippen molar-refractivity contribution < 1.29 is 9.90 Å². The molecular weight excluding hydrogens is 314 g/mol. The number of nitrogens with zero attached hydrogens (tertiary/aromatic N) is 1. The first-order chi connectivity index (χ1) is 11.9. The summed E-state index contributed by atoms with van der Waals surface area (Å²) in [5, 5.41) is 15.7. The molecule has 1 heterocycles. The lowest BCUT2D eigenvalue weighted by Gasteiger charge is -2.20. The quantitative estimate of drug-likeness (QED) is 0.756. The highest BCUT2D eigenvalue weighted by Crippen LogP contribution is 2.23. The molecule has 0 bridgehead atoms. The van der Waals surface area contributed by atoms with E-state index in [4.69, 9.17) is 0 Å². The van der Waals surface area contributed by atoms with Crippen molar-refractivity contribution in [3.63, 3.8) is 0 Å². The number of aliphatic hydroxyl groups excluding tert-OH is 1. The smallest absolute Gasteiger partial charge is 0.314 e. The Balaban J connectivity index is 1.73. The fourth-order valence-corrected chi connectivity index (χ4v) is 2.43. The van der Waals surface area contributed by atoms with Gasteiger partial charge in [-0.25, -0.2) is 4.79 Å². The van der Waals surface area contributed by atoms with E-state index >= 15 is 0 Å². The summed E-state index contributed by atoms with van der Waals surface area (Å²) >= 11 is 0. The second kappa shape index (κ2) is 8.62. The minimum Gasteiger partial charge on any atom is -0.387 e. The van der Waals surface area contributed by atoms with Crippen LogP contribution in [0.3, 0.4) is 0 Å². The van der Waals surface area contributed by atoms with Gasteiger partial charge < -0.3 is 15.7 Å². The third-order valence-corrected chi connectivity index (χ3v) is 4.01. The minimum atomic E-state index is -0.726. The second-order valence-electron chi connectivity index (χ2n) is 7.10. The van der Waals surface area contributed by atoms with Gasteiger partial charge in [0.25, 0.3) is 0 Å². The van der Waals surface area contributed by atoms with Gasteiger partial charge >= 0.3 is 6.03 Å². The number of pyridine rings is 1. The summed E-state index contributed by atoms with van der Waals surface area (Å²) < 4.78 is 0. The van der Waals surface area contributed by atoms with Gasteiger partial charge in [-0.3, -0.25) is 4.98 Å². The Bertz CT molecular complexity index is 664. The molecule has 0 aliphatic heterocycles. The molecule has 0 saturated carbocycles. The zero-order chi connectivity index (χ0) is 18.3. The van der Waals surface area contributed by atoms with Crippen molar-refractivity contribution in [1.29, 1.82) is 0 Å². The van der Waals surface area contributed by atoms with Gasteiger partial charge in [-0.05, 0) is 28.7 Å². The van der Waals surface area contributed by atoms with Gasteiger partial charge in [-0.2, -0.15) is 0 Å². The SMILES string of the molecule is CC(C)(C)c1ccc([C@@H](O)CNC(=O)NCCc2ccccn2)cc1. The minimum absolute atomic E-state index is 0.0786. The molecule has 0 saturated heterocycles. The third kappa shape index (κ3) is 6.19. The number of nitrogens with one attached hydrogen (secondary N) is 2. The molecule has 0 fully saturated rings. The fraction of sp³-hybridized carbons (Fsp3) is 0.400. The summed E-state index contributed by atoms with van der Waals surface area (Å²) in [6.07, 6.45) is 1.68. The Kier molecular flexibility index (Phi) is 6.53. The normalized spacial score (nSPS) is 12.5. The lowest BCUT2D eigenvalue weighted by atomic mass is 9.86. The first-order valence-electron chi connectivity index (χ1n) is 8.56. The second-order valence-corrected chi connectivity index (χ2v) is 7.10. The summed E-state index contributed by atoms with van der Waals surface area (Å²) in [7, 11) is 0. The highest BCUT2D eigenvalue weighted by Gasteiger charge is 2.15. The molecule has 2 rings (SSSR count). The van der Waals surface area contributed by atoms with E-state index in [0.29, 0.717) is 13.0 Å². The molecule has 5 nitrogen and oxygen atoms in total. The van der Waals surface area contributed by atoms with E-state index in [2.05, 4.69) is 36.4 Å². The van der Waals surface area contributed by atoms with Crippen LogP contribution in [0.25, 0.3) is 0 Å². The zero-order valence-electron chi connectivity index (χ0n) is 15.1. The van der Waals surface area contributed by atoms with Crippen LogP contribution in [-0.4, -0.2) is 29.2 Å². The van der Waals surface area contributed by atoms with Gasteiger partial charge in [-0.15, -0.1) is 0 Å². The van der Waals surface area contributed by atoms with Crippen LogP contribution in [0, 0.1) is 0 Å². The largest absolute Gasteiger partial charge is 0.387 e. The van der Waals surface area contributed by atoms with Crippen LogP contribution in [0.2, 0.25) is 0 Å². The van der Waals surface area contributed by atoms with Crippen LogP contribution in [0.4, 0.5) is 4.79 Å². The summed E-state index contributed by atoms with van der Waals surface area (Å²) in [6.45, 7) is 7.11. The Morgan fingerprint density at radius 1 is 1.12 bits per heavy atom. The van der Waals surface area contributed by atoms with E-state index < -0.39 is 6.10 Å². The molecule has 1 atom stereocenters. The topological polar surface area (TPSA) is 74.2 Å². The van der Waals surface area contributed by atoms with Gasteiger partial charge in [-0.1, -0.05) is 51.1 Å². The van der Waals surface area contributed by atoms with Gasteiger partial charge in [0, 0.05) is 31.4 Å². The summed E-state index contributed by atoms with van der Waals surface area (Å²) in [5.74, 6) is 0. The maximum atomic E-state index is 11.8. The number of hydrogen-bond acceptors (Lipinski definition) is 3. The number of urea groups is 1. The molecule has 1 aromatic carbocycles. The van der Waals surface area contributed by atoms with Crippen LogP contribution >= 0.6 is 0 Å². The molecule has 3 N–H and O–H groups in total. The van der Waals surface area contributed by atoms with Crippen molar-refractivity contribution in [2.24, 2.45) is 0 Å². The van der Waals surface area contributed by atoms with Gasteiger partial charge in [0.1, 0.15) is 0 Å². The number of benzene rings is 1. The Hall–Kier alpha value is -2.40. The lowest BCUT2D eigenvalue weighted by Crippen LogP contribution is -2.38. The van der Waals surface area contributed by atoms with Crippen molar-refractivity contribution in [1.82, 2.24) is 15.6 Å². The van der Waals surface area contributed by atoms with Crippen molar-refractivity contribution >= 4 is 6.03 Å². The highest BCUT2D eigenvalue weighted by molar-refractivity contribution is 5.73. The lowest BCUT2D eigenvalue weighted by molar-refractivity contribution is 0.173. The van der Waals surface area contributed by atoms with Crippen LogP contribution in [0.1, 0.15) is 43.7 Å². The molecule has 2 amide bonds. The number of amides is 2. The number of aliphatic hydroxyl groups is 1. The Morgan fingerprint density at radius 2 is 1.84 bits per heavy atom. The number of carbonyl (C=O) groups excluding carboxylic acids is 1. The average Bonchev–Trinajstić information content (AvgIpc) is 2.60. The Morgan fingerprint density at radius 3 is 2.44 bits per heavy atom. The molecule has 0 radical (unpaired) electrons. The first-order valence-corrected chi connectivity index (χ1v) is 8.56. The van der Waals surface area contributed by atoms with E-state index in [1.807, 2.05) is 42.5 Å². The van der Waals surface area contributed by atoms with Crippen LogP contribution in [0.5, 0.6) is 0 Å². The molecule has 0 aliphatic carbocycles. The molecule has 25 heavy (non-hydrogen) atoms. The molecule has 134 valence electrons. The van der Waals surface area contributed by atoms with Crippen molar-refractivity contribution in [2.45, 2.75) is 38.7 Å². The van der Waals surface area contributed by atoms with Crippen molar-refractivity contribution in [3.8, 4) is 0 Å². The van der Waals surface area contributed by atoms with Crippen LogP contribution in [0.15, 0.2) is 48.7 Å². The number of carbonyl (C=O) groups is 1. The van der Waals surface area contributed by atoms with Crippen molar-refractivity contribution in [3.05, 3.63) is 65.5 Å². The Labute approximate surface area is 149 Å². The van der Waals surface area contributed by atoms with E-state index in [-0.39, 0.29) is 18.0 Å². The first kappa shape index (κ1) is 18.9. The molecular formula is C20H27N3O2. The summed E-state index contributed by atoms with van der Waals surface area (Å²) in [4.78, 5) is 16.0. The molecule has 2 aromatic rings. The fourth-order valence-electron chi connectivity index (χ4n) is 2.43. The van der Waals surface area contributed by atoms with Gasteiger partial charge in [0.2, 0.25) is 0 Å². The summed E-state index contributed by atoms with van der Waals surface area (Å²) in [6, 6.07) is 13.3. The standard InChI is InChI=1S/C20H27N3O2/c1-20(2,3)16-9-7-15(8-10-16)18(24)14-23-19(25)22-13-11-17-6-4-5-12-21-17/h4-10,12,18,24H,11,13-14H2,1-3H3,(H2,22,23,25)/t18-/m0/s1. The van der Waals surface area contributed by atoms with Crippen LogP contribution in [-0.2, 0) is 11.8 Å². The maximum Gasteiger partial charge on any atom is 0.314 e. The van der Waals surface area contributed by atoms with E-state index in [9.17, 15) is 9.90 Å². The number of rotatable bonds is 6. The molecule has 5 heteroatoms.